The molecule has 0 amide bonds. The third-order valence-corrected chi connectivity index (χ3v) is 3.32. The van der Waals surface area contributed by atoms with Gasteiger partial charge in [-0.3, -0.25) is 5.10 Å². The van der Waals surface area contributed by atoms with Gasteiger partial charge in [-0.05, 0) is 30.3 Å². The van der Waals surface area contributed by atoms with Crippen LogP contribution in [0.5, 0.6) is 0 Å². The Morgan fingerprint density at radius 2 is 2.35 bits per heavy atom. The van der Waals surface area contributed by atoms with Crippen molar-refractivity contribution in [3.05, 3.63) is 35.7 Å². The maximum Gasteiger partial charge on any atom is 0.188 e. The summed E-state index contributed by atoms with van der Waals surface area (Å²) in [6.45, 7) is 1.95. The van der Waals surface area contributed by atoms with E-state index in [1.54, 1.807) is 6.07 Å². The zero-order valence-corrected chi connectivity index (χ0v) is 9.90. The van der Waals surface area contributed by atoms with Crippen LogP contribution < -0.4 is 5.73 Å². The van der Waals surface area contributed by atoms with Crippen molar-refractivity contribution in [3.8, 4) is 0 Å². The summed E-state index contributed by atoms with van der Waals surface area (Å²) in [6, 6.07) is 5.60. The van der Waals surface area contributed by atoms with Gasteiger partial charge in [0.15, 0.2) is 11.0 Å². The van der Waals surface area contributed by atoms with Crippen molar-refractivity contribution in [3.63, 3.8) is 0 Å². The molecule has 1 aromatic heterocycles. The molecule has 0 radical (unpaired) electrons. The van der Waals surface area contributed by atoms with Crippen LogP contribution in [-0.4, -0.2) is 26.2 Å². The number of nitrogens with one attached hydrogen (secondary N) is 1. The van der Waals surface area contributed by atoms with Crippen molar-refractivity contribution in [1.82, 2.24) is 15.2 Å². The number of aromatic amines is 1. The molecule has 0 bridgehead atoms. The molecule has 1 heterocycles. The number of hydrogen-bond acceptors (Lipinski definition) is 5. The van der Waals surface area contributed by atoms with Gasteiger partial charge in [0.25, 0.3) is 0 Å². The number of aromatic nitrogens is 3. The normalized spacial score (nSPS) is 11.7. The van der Waals surface area contributed by atoms with Gasteiger partial charge in [0.05, 0.1) is 0 Å². The molecule has 88 valence electrons. The van der Waals surface area contributed by atoms with Crippen LogP contribution in [0.2, 0.25) is 0 Å². The van der Waals surface area contributed by atoms with E-state index in [2.05, 4.69) is 20.3 Å². The van der Waals surface area contributed by atoms with E-state index < -0.39 is 0 Å². The van der Waals surface area contributed by atoms with Gasteiger partial charge in [0.1, 0.15) is 6.33 Å². The summed E-state index contributed by atoms with van der Waals surface area (Å²) in [4.78, 5) is 4.92. The van der Waals surface area contributed by atoms with Crippen molar-refractivity contribution < 1.29 is 5.21 Å². The zero-order valence-electron chi connectivity index (χ0n) is 9.08. The Bertz CT molecular complexity index is 538. The topological polar surface area (TPSA) is 100 Å². The smallest absolute Gasteiger partial charge is 0.188 e. The Kier molecular flexibility index (Phi) is 3.29. The van der Waals surface area contributed by atoms with Gasteiger partial charge >= 0.3 is 0 Å². The van der Waals surface area contributed by atoms with Crippen molar-refractivity contribution in [1.29, 1.82) is 0 Å². The lowest BCUT2D eigenvalue weighted by atomic mass is 10.1. The van der Waals surface area contributed by atoms with Crippen LogP contribution in [0, 0.1) is 6.92 Å². The van der Waals surface area contributed by atoms with E-state index in [-0.39, 0.29) is 5.84 Å². The molecule has 2 aromatic rings. The number of rotatable bonds is 3. The summed E-state index contributed by atoms with van der Waals surface area (Å²) < 4.78 is 0. The highest BCUT2D eigenvalue weighted by Gasteiger charge is 2.12. The van der Waals surface area contributed by atoms with E-state index in [0.29, 0.717) is 10.7 Å². The standard InChI is InChI=1S/C10H11N5OS/c1-6-3-2-4-7(9(11)15-16)8(6)17-10-12-5-13-14-10/h2-5,16H,1H3,(H2,11,15)(H,12,13,14). The van der Waals surface area contributed by atoms with Crippen molar-refractivity contribution in [2.75, 3.05) is 0 Å². The number of H-pyrrole nitrogens is 1. The number of aryl methyl sites for hydroxylation is 1. The molecule has 0 unspecified atom stereocenters. The molecular formula is C10H11N5OS. The average molecular weight is 249 g/mol. The highest BCUT2D eigenvalue weighted by Crippen LogP contribution is 2.30. The first-order valence-electron chi connectivity index (χ1n) is 4.83. The molecule has 2 rings (SSSR count). The van der Waals surface area contributed by atoms with E-state index >= 15 is 0 Å². The summed E-state index contributed by atoms with van der Waals surface area (Å²) in [5, 5.41) is 19.0. The number of benzene rings is 1. The first-order chi connectivity index (χ1) is 8.22. The lowest BCUT2D eigenvalue weighted by Crippen LogP contribution is -2.14. The molecule has 6 nitrogen and oxygen atoms in total. The largest absolute Gasteiger partial charge is 0.409 e. The molecule has 1 aromatic carbocycles. The third kappa shape index (κ3) is 2.39. The summed E-state index contributed by atoms with van der Waals surface area (Å²) in [7, 11) is 0. The summed E-state index contributed by atoms with van der Waals surface area (Å²) in [6.07, 6.45) is 1.43. The minimum atomic E-state index is 0.0794. The van der Waals surface area contributed by atoms with E-state index in [9.17, 15) is 0 Å². The number of oxime groups is 1. The van der Waals surface area contributed by atoms with Gasteiger partial charge in [-0.15, -0.1) is 0 Å². The molecule has 0 fully saturated rings. The van der Waals surface area contributed by atoms with Crippen molar-refractivity contribution >= 4 is 17.6 Å². The maximum atomic E-state index is 8.75. The Morgan fingerprint density at radius 1 is 1.53 bits per heavy atom. The molecule has 0 aliphatic rings. The molecule has 0 saturated heterocycles. The Morgan fingerprint density at radius 3 is 3.00 bits per heavy atom. The molecule has 0 atom stereocenters. The summed E-state index contributed by atoms with van der Waals surface area (Å²) in [5.41, 5.74) is 7.33. The fraction of sp³-hybridized carbons (Fsp3) is 0.100. The van der Waals surface area contributed by atoms with Gasteiger partial charge in [0.2, 0.25) is 0 Å². The van der Waals surface area contributed by atoms with Crippen LogP contribution >= 0.6 is 11.8 Å². The van der Waals surface area contributed by atoms with Crippen molar-refractivity contribution in [2.24, 2.45) is 10.9 Å². The maximum absolute atomic E-state index is 8.75. The van der Waals surface area contributed by atoms with E-state index in [1.165, 1.54) is 18.1 Å². The second-order valence-corrected chi connectivity index (χ2v) is 4.33. The molecule has 0 spiro atoms. The SMILES string of the molecule is Cc1cccc(/C(N)=N/O)c1Sc1ncn[nH]1. The number of nitrogens with zero attached hydrogens (tertiary/aromatic N) is 3. The van der Waals surface area contributed by atoms with Crippen LogP contribution in [0.1, 0.15) is 11.1 Å². The van der Waals surface area contributed by atoms with E-state index in [0.717, 1.165) is 10.5 Å². The summed E-state index contributed by atoms with van der Waals surface area (Å²) in [5.74, 6) is 0.0794. The molecule has 0 aliphatic heterocycles. The predicted octanol–water partition coefficient (Wildman–Crippen LogP) is 1.36. The Balaban J connectivity index is 2.44. The molecule has 0 aliphatic carbocycles. The van der Waals surface area contributed by atoms with Gasteiger partial charge in [-0.2, -0.15) is 5.10 Å². The average Bonchev–Trinajstić information content (AvgIpc) is 2.83. The molecular weight excluding hydrogens is 238 g/mol. The number of amidine groups is 1. The van der Waals surface area contributed by atoms with E-state index in [4.69, 9.17) is 10.9 Å². The van der Waals surface area contributed by atoms with Crippen LogP contribution in [0.4, 0.5) is 0 Å². The van der Waals surface area contributed by atoms with Crippen molar-refractivity contribution in [2.45, 2.75) is 17.0 Å². The first kappa shape index (κ1) is 11.5. The van der Waals surface area contributed by atoms with Gasteiger partial charge < -0.3 is 10.9 Å². The first-order valence-corrected chi connectivity index (χ1v) is 5.64. The minimum absolute atomic E-state index is 0.0794. The quantitative estimate of drug-likeness (QED) is 0.330. The molecule has 0 saturated carbocycles. The highest BCUT2D eigenvalue weighted by atomic mass is 32.2. The molecule has 4 N–H and O–H groups in total. The fourth-order valence-corrected chi connectivity index (χ4v) is 2.29. The Labute approximate surface area is 102 Å². The fourth-order valence-electron chi connectivity index (χ4n) is 1.38. The van der Waals surface area contributed by atoms with Gasteiger partial charge in [0, 0.05) is 10.5 Å². The second kappa shape index (κ2) is 4.88. The molecule has 17 heavy (non-hydrogen) atoms. The van der Waals surface area contributed by atoms with E-state index in [1.807, 2.05) is 19.1 Å². The van der Waals surface area contributed by atoms with Crippen LogP contribution in [0.15, 0.2) is 39.7 Å². The minimum Gasteiger partial charge on any atom is -0.409 e. The van der Waals surface area contributed by atoms with Crippen LogP contribution in [0.25, 0.3) is 0 Å². The van der Waals surface area contributed by atoms with Crippen LogP contribution in [-0.2, 0) is 0 Å². The number of hydrogen-bond donors (Lipinski definition) is 3. The molecule has 7 heteroatoms. The lowest BCUT2D eigenvalue weighted by molar-refractivity contribution is 0.318. The number of nitrogens with two attached hydrogens (primary N) is 1. The summed E-state index contributed by atoms with van der Waals surface area (Å²) >= 11 is 1.39. The van der Waals surface area contributed by atoms with Crippen LogP contribution in [0.3, 0.4) is 0 Å². The predicted molar refractivity (Wildman–Crippen MR) is 64.2 cm³/mol. The second-order valence-electron chi connectivity index (χ2n) is 3.33. The third-order valence-electron chi connectivity index (χ3n) is 2.19. The van der Waals surface area contributed by atoms with Gasteiger partial charge in [-0.1, -0.05) is 17.3 Å². The van der Waals surface area contributed by atoms with Gasteiger partial charge in [-0.25, -0.2) is 4.98 Å². The highest BCUT2D eigenvalue weighted by molar-refractivity contribution is 7.99. The monoisotopic (exact) mass is 249 g/mol. The Hall–Kier alpha value is -2.02. The lowest BCUT2D eigenvalue weighted by Gasteiger charge is -2.09. The zero-order chi connectivity index (χ0) is 12.3.